The lowest BCUT2D eigenvalue weighted by Gasteiger charge is -2.41. The van der Waals surface area contributed by atoms with Crippen LogP contribution in [0.5, 0.6) is 0 Å². The zero-order valence-electron chi connectivity index (χ0n) is 13.0. The van der Waals surface area contributed by atoms with Crippen LogP contribution in [0.2, 0.25) is 0 Å². The molecule has 0 amide bonds. The van der Waals surface area contributed by atoms with Crippen molar-refractivity contribution in [2.24, 2.45) is 5.73 Å². The number of rotatable bonds is 3. The molecule has 1 saturated heterocycles. The van der Waals surface area contributed by atoms with Gasteiger partial charge >= 0.3 is 0 Å². The van der Waals surface area contributed by atoms with Gasteiger partial charge in [-0.15, -0.1) is 0 Å². The molecule has 2 rings (SSSR count). The van der Waals surface area contributed by atoms with E-state index in [1.54, 1.807) is 22.5 Å². The third-order valence-electron chi connectivity index (χ3n) is 3.96. The average Bonchev–Trinajstić information content (AvgIpc) is 2.46. The zero-order valence-corrected chi connectivity index (χ0v) is 13.9. The largest absolute Gasteiger partial charge is 0.326 e. The van der Waals surface area contributed by atoms with Gasteiger partial charge in [0.05, 0.1) is 4.90 Å². The van der Waals surface area contributed by atoms with E-state index in [0.29, 0.717) is 24.5 Å². The maximum Gasteiger partial charge on any atom is 0.243 e. The molecule has 0 aliphatic carbocycles. The van der Waals surface area contributed by atoms with E-state index in [1.807, 2.05) is 6.07 Å². The summed E-state index contributed by atoms with van der Waals surface area (Å²) in [6.07, 6.45) is 0. The molecule has 1 heterocycles. The van der Waals surface area contributed by atoms with Crippen molar-refractivity contribution in [2.45, 2.75) is 37.8 Å². The molecular formula is C15H25N3O2S. The number of hydrogen-bond acceptors (Lipinski definition) is 4. The van der Waals surface area contributed by atoms with Crippen molar-refractivity contribution in [3.05, 3.63) is 29.8 Å². The van der Waals surface area contributed by atoms with Gasteiger partial charge in [0.1, 0.15) is 0 Å². The van der Waals surface area contributed by atoms with Crippen molar-refractivity contribution in [3.63, 3.8) is 0 Å². The summed E-state index contributed by atoms with van der Waals surface area (Å²) in [6, 6.07) is 6.91. The molecule has 118 valence electrons. The van der Waals surface area contributed by atoms with Crippen LogP contribution in [-0.4, -0.2) is 49.3 Å². The summed E-state index contributed by atoms with van der Waals surface area (Å²) in [4.78, 5) is 2.66. The third-order valence-corrected chi connectivity index (χ3v) is 5.85. The predicted molar refractivity (Wildman–Crippen MR) is 84.4 cm³/mol. The van der Waals surface area contributed by atoms with Gasteiger partial charge in [0.2, 0.25) is 10.0 Å². The summed E-state index contributed by atoms with van der Waals surface area (Å²) in [5.41, 5.74) is 6.51. The van der Waals surface area contributed by atoms with Crippen LogP contribution in [0.25, 0.3) is 0 Å². The van der Waals surface area contributed by atoms with E-state index < -0.39 is 10.0 Å². The molecule has 1 aromatic carbocycles. The first kappa shape index (κ1) is 16.4. The molecule has 0 bridgehead atoms. The Morgan fingerprint density at radius 3 is 2.29 bits per heavy atom. The molecule has 0 atom stereocenters. The fraction of sp³-hybridized carbons (Fsp3) is 0.600. The summed E-state index contributed by atoms with van der Waals surface area (Å²) < 4.78 is 26.9. The maximum atomic E-state index is 12.7. The van der Waals surface area contributed by atoms with Gasteiger partial charge < -0.3 is 5.73 Å². The molecule has 0 spiro atoms. The lowest BCUT2D eigenvalue weighted by Crippen LogP contribution is -2.54. The Balaban J connectivity index is 2.15. The molecule has 21 heavy (non-hydrogen) atoms. The topological polar surface area (TPSA) is 66.6 Å². The van der Waals surface area contributed by atoms with Gasteiger partial charge in [-0.25, -0.2) is 8.42 Å². The second-order valence-electron chi connectivity index (χ2n) is 6.41. The summed E-state index contributed by atoms with van der Waals surface area (Å²) in [7, 11) is -3.41. The van der Waals surface area contributed by atoms with Crippen LogP contribution >= 0.6 is 0 Å². The van der Waals surface area contributed by atoms with Gasteiger partial charge in [-0.3, -0.25) is 4.90 Å². The lowest BCUT2D eigenvalue weighted by molar-refractivity contribution is 0.0922. The Kier molecular flexibility index (Phi) is 4.72. The molecule has 0 aromatic heterocycles. The minimum Gasteiger partial charge on any atom is -0.326 e. The monoisotopic (exact) mass is 311 g/mol. The van der Waals surface area contributed by atoms with Gasteiger partial charge in [-0.2, -0.15) is 4.31 Å². The van der Waals surface area contributed by atoms with Gasteiger partial charge in [-0.1, -0.05) is 12.1 Å². The summed E-state index contributed by atoms with van der Waals surface area (Å²) >= 11 is 0. The van der Waals surface area contributed by atoms with Crippen molar-refractivity contribution in [1.82, 2.24) is 9.21 Å². The predicted octanol–water partition coefficient (Wildman–Crippen LogP) is 1.25. The molecule has 0 unspecified atom stereocenters. The van der Waals surface area contributed by atoms with Crippen LogP contribution in [0.3, 0.4) is 0 Å². The van der Waals surface area contributed by atoms with Gasteiger partial charge in [0, 0.05) is 38.3 Å². The Morgan fingerprint density at radius 1 is 1.14 bits per heavy atom. The number of sulfonamides is 1. The molecule has 1 aliphatic rings. The van der Waals surface area contributed by atoms with Crippen LogP contribution in [0.4, 0.5) is 0 Å². The molecule has 1 fully saturated rings. The first-order valence-electron chi connectivity index (χ1n) is 7.29. The van der Waals surface area contributed by atoms with Gasteiger partial charge in [-0.05, 0) is 38.5 Å². The van der Waals surface area contributed by atoms with E-state index in [1.165, 1.54) is 0 Å². The summed E-state index contributed by atoms with van der Waals surface area (Å²) in [5.74, 6) is 0. The van der Waals surface area contributed by atoms with E-state index in [4.69, 9.17) is 5.73 Å². The van der Waals surface area contributed by atoms with Crippen LogP contribution < -0.4 is 5.73 Å². The normalized spacial score (nSPS) is 18.9. The third kappa shape index (κ3) is 3.63. The van der Waals surface area contributed by atoms with E-state index in [-0.39, 0.29) is 5.54 Å². The van der Waals surface area contributed by atoms with E-state index in [2.05, 4.69) is 25.7 Å². The molecule has 1 aromatic rings. The van der Waals surface area contributed by atoms with E-state index in [0.717, 1.165) is 18.7 Å². The van der Waals surface area contributed by atoms with E-state index >= 15 is 0 Å². The lowest BCUT2D eigenvalue weighted by atomic mass is 10.1. The van der Waals surface area contributed by atoms with Gasteiger partial charge in [0.15, 0.2) is 0 Å². The van der Waals surface area contributed by atoms with Crippen LogP contribution in [-0.2, 0) is 16.6 Å². The Labute approximate surface area is 127 Å². The van der Waals surface area contributed by atoms with Crippen LogP contribution in [0, 0.1) is 0 Å². The Morgan fingerprint density at radius 2 is 1.76 bits per heavy atom. The van der Waals surface area contributed by atoms with Crippen molar-refractivity contribution >= 4 is 10.0 Å². The number of nitrogens with zero attached hydrogens (tertiary/aromatic N) is 2. The smallest absolute Gasteiger partial charge is 0.243 e. The highest BCUT2D eigenvalue weighted by Gasteiger charge is 2.32. The van der Waals surface area contributed by atoms with Gasteiger partial charge in [0.25, 0.3) is 0 Å². The first-order chi connectivity index (χ1) is 9.75. The fourth-order valence-corrected chi connectivity index (χ4v) is 4.07. The standard InChI is InChI=1S/C15H25N3O2S/c1-15(2,3)17-7-9-18(10-8-17)21(19,20)14-6-4-5-13(11-14)12-16/h4-6,11H,7-10,12,16H2,1-3H3. The average molecular weight is 311 g/mol. The second kappa shape index (κ2) is 6.04. The molecule has 6 heteroatoms. The highest BCUT2D eigenvalue weighted by molar-refractivity contribution is 7.89. The van der Waals surface area contributed by atoms with Crippen molar-refractivity contribution in [1.29, 1.82) is 0 Å². The quantitative estimate of drug-likeness (QED) is 0.912. The molecule has 0 saturated carbocycles. The number of piperazine rings is 1. The highest BCUT2D eigenvalue weighted by atomic mass is 32.2. The number of benzene rings is 1. The van der Waals surface area contributed by atoms with Crippen molar-refractivity contribution < 1.29 is 8.42 Å². The minimum absolute atomic E-state index is 0.0787. The first-order valence-corrected chi connectivity index (χ1v) is 8.73. The zero-order chi connectivity index (χ0) is 15.7. The Hall–Kier alpha value is -0.950. The molecule has 2 N–H and O–H groups in total. The van der Waals surface area contributed by atoms with Crippen molar-refractivity contribution in [2.75, 3.05) is 26.2 Å². The highest BCUT2D eigenvalue weighted by Crippen LogP contribution is 2.21. The molecule has 5 nitrogen and oxygen atoms in total. The van der Waals surface area contributed by atoms with E-state index in [9.17, 15) is 8.42 Å². The number of hydrogen-bond donors (Lipinski definition) is 1. The molecule has 1 aliphatic heterocycles. The van der Waals surface area contributed by atoms with Crippen molar-refractivity contribution in [3.8, 4) is 0 Å². The van der Waals surface area contributed by atoms with Crippen LogP contribution in [0.15, 0.2) is 29.2 Å². The SMILES string of the molecule is CC(C)(C)N1CCN(S(=O)(=O)c2cccc(CN)c2)CC1. The second-order valence-corrected chi connectivity index (χ2v) is 8.35. The molecule has 0 radical (unpaired) electrons. The molecular weight excluding hydrogens is 286 g/mol. The maximum absolute atomic E-state index is 12.7. The minimum atomic E-state index is -3.41. The Bertz CT molecular complexity index is 585. The fourth-order valence-electron chi connectivity index (χ4n) is 2.58. The summed E-state index contributed by atoms with van der Waals surface area (Å²) in [6.45, 7) is 9.41. The van der Waals surface area contributed by atoms with Crippen LogP contribution in [0.1, 0.15) is 26.3 Å². The number of nitrogens with two attached hydrogens (primary N) is 1. The summed E-state index contributed by atoms with van der Waals surface area (Å²) in [5, 5.41) is 0.